The van der Waals surface area contributed by atoms with Gasteiger partial charge in [-0.25, -0.2) is 0 Å². The molecule has 1 aliphatic rings. The minimum Gasteiger partial charge on any atom is -0.376 e. The van der Waals surface area contributed by atoms with Gasteiger partial charge in [0.2, 0.25) is 0 Å². The van der Waals surface area contributed by atoms with Crippen LogP contribution in [0.5, 0.6) is 0 Å². The van der Waals surface area contributed by atoms with Gasteiger partial charge < -0.3 is 10.1 Å². The second-order valence-electron chi connectivity index (χ2n) is 3.93. The van der Waals surface area contributed by atoms with E-state index in [9.17, 15) is 0 Å². The average molecular weight is 207 g/mol. The Kier molecular flexibility index (Phi) is 3.50. The van der Waals surface area contributed by atoms with Gasteiger partial charge in [0.05, 0.1) is 11.8 Å². The van der Waals surface area contributed by atoms with Crippen molar-refractivity contribution in [1.29, 1.82) is 0 Å². The van der Waals surface area contributed by atoms with Gasteiger partial charge in [-0.1, -0.05) is 0 Å². The van der Waals surface area contributed by atoms with E-state index in [1.54, 1.807) is 0 Å². The van der Waals surface area contributed by atoms with Crippen molar-refractivity contribution in [2.45, 2.75) is 32.3 Å². The molecule has 1 N–H and O–H groups in total. The monoisotopic (exact) mass is 207 g/mol. The van der Waals surface area contributed by atoms with E-state index in [0.29, 0.717) is 6.10 Å². The number of aromatic nitrogens is 2. The molecule has 4 nitrogen and oxygen atoms in total. The van der Waals surface area contributed by atoms with E-state index in [2.05, 4.69) is 15.5 Å². The summed E-state index contributed by atoms with van der Waals surface area (Å²) in [5.41, 5.74) is 0.939. The number of aryl methyl sites for hydroxylation is 1. The molecule has 2 rings (SSSR count). The summed E-state index contributed by atoms with van der Waals surface area (Å²) in [5, 5.41) is 11.3. The predicted octanol–water partition coefficient (Wildman–Crippen LogP) is 1.77. The quantitative estimate of drug-likeness (QED) is 0.820. The number of nitrogens with zero attached hydrogens (tertiary/aromatic N) is 2. The molecule has 1 aromatic rings. The van der Waals surface area contributed by atoms with E-state index < -0.39 is 0 Å². The third kappa shape index (κ3) is 3.16. The summed E-state index contributed by atoms with van der Waals surface area (Å²) in [7, 11) is 0. The van der Waals surface area contributed by atoms with Crippen molar-refractivity contribution < 1.29 is 4.74 Å². The van der Waals surface area contributed by atoms with E-state index in [4.69, 9.17) is 4.74 Å². The van der Waals surface area contributed by atoms with Gasteiger partial charge in [-0.3, -0.25) is 0 Å². The lowest BCUT2D eigenvalue weighted by atomic mass is 10.1. The second kappa shape index (κ2) is 5.07. The Labute approximate surface area is 90.1 Å². The van der Waals surface area contributed by atoms with Crippen LogP contribution in [0.2, 0.25) is 0 Å². The van der Waals surface area contributed by atoms with Crippen molar-refractivity contribution in [1.82, 2.24) is 10.2 Å². The Morgan fingerprint density at radius 3 is 3.00 bits per heavy atom. The Morgan fingerprint density at radius 1 is 1.40 bits per heavy atom. The fraction of sp³-hybridized carbons (Fsp3) is 0.636. The molecule has 1 fully saturated rings. The van der Waals surface area contributed by atoms with Crippen LogP contribution in [-0.4, -0.2) is 29.5 Å². The zero-order valence-corrected chi connectivity index (χ0v) is 9.07. The summed E-state index contributed by atoms with van der Waals surface area (Å²) in [6.45, 7) is 3.66. The van der Waals surface area contributed by atoms with E-state index in [1.165, 1.54) is 12.8 Å². The van der Waals surface area contributed by atoms with Crippen LogP contribution in [0.25, 0.3) is 0 Å². The van der Waals surface area contributed by atoms with E-state index in [-0.39, 0.29) is 0 Å². The third-order valence-electron chi connectivity index (χ3n) is 2.58. The zero-order chi connectivity index (χ0) is 10.5. The Balaban J connectivity index is 1.79. The first-order chi connectivity index (χ1) is 7.34. The summed E-state index contributed by atoms with van der Waals surface area (Å²) in [6, 6.07) is 3.90. The lowest BCUT2D eigenvalue weighted by molar-refractivity contribution is 0.0247. The highest BCUT2D eigenvalue weighted by atomic mass is 16.5. The van der Waals surface area contributed by atoms with Crippen molar-refractivity contribution in [3.05, 3.63) is 17.8 Å². The summed E-state index contributed by atoms with van der Waals surface area (Å²) >= 11 is 0. The van der Waals surface area contributed by atoms with E-state index >= 15 is 0 Å². The van der Waals surface area contributed by atoms with Gasteiger partial charge in [0.25, 0.3) is 0 Å². The standard InChI is InChI=1S/C11H17N3O/c1-9-5-6-11(14-13-9)12-8-10-4-2-3-7-15-10/h5-6,10H,2-4,7-8H2,1H3,(H,12,14). The number of nitrogens with one attached hydrogen (secondary N) is 1. The summed E-state index contributed by atoms with van der Waals surface area (Å²) in [5.74, 6) is 0.828. The number of hydrogen-bond acceptors (Lipinski definition) is 4. The van der Waals surface area contributed by atoms with Crippen molar-refractivity contribution in [2.75, 3.05) is 18.5 Å². The smallest absolute Gasteiger partial charge is 0.148 e. The predicted molar refractivity (Wildman–Crippen MR) is 58.8 cm³/mol. The molecular formula is C11H17N3O. The largest absolute Gasteiger partial charge is 0.376 e. The Hall–Kier alpha value is -1.16. The van der Waals surface area contributed by atoms with Crippen molar-refractivity contribution in [3.8, 4) is 0 Å². The lowest BCUT2D eigenvalue weighted by Crippen LogP contribution is -2.27. The van der Waals surface area contributed by atoms with Gasteiger partial charge in [0.1, 0.15) is 5.82 Å². The number of rotatable bonds is 3. The van der Waals surface area contributed by atoms with Crippen LogP contribution in [0.15, 0.2) is 12.1 Å². The first kappa shape index (κ1) is 10.4. The molecule has 0 aliphatic carbocycles. The molecule has 0 spiro atoms. The number of ether oxygens (including phenoxy) is 1. The van der Waals surface area contributed by atoms with Crippen LogP contribution < -0.4 is 5.32 Å². The molecule has 0 amide bonds. The second-order valence-corrected chi connectivity index (χ2v) is 3.93. The normalized spacial score (nSPS) is 21.3. The van der Waals surface area contributed by atoms with Crippen LogP contribution in [0.4, 0.5) is 5.82 Å². The summed E-state index contributed by atoms with van der Waals surface area (Å²) in [6.07, 6.45) is 3.95. The van der Waals surface area contributed by atoms with Gasteiger partial charge in [-0.05, 0) is 38.3 Å². The van der Waals surface area contributed by atoms with Crippen molar-refractivity contribution in [2.24, 2.45) is 0 Å². The van der Waals surface area contributed by atoms with Crippen LogP contribution in [0.3, 0.4) is 0 Å². The SMILES string of the molecule is Cc1ccc(NCC2CCCCO2)nn1. The minimum absolute atomic E-state index is 0.335. The highest BCUT2D eigenvalue weighted by Gasteiger charge is 2.13. The third-order valence-corrected chi connectivity index (χ3v) is 2.58. The molecule has 0 aromatic carbocycles. The van der Waals surface area contributed by atoms with E-state index in [0.717, 1.165) is 31.1 Å². The summed E-state index contributed by atoms with van der Waals surface area (Å²) in [4.78, 5) is 0. The van der Waals surface area contributed by atoms with Crippen LogP contribution >= 0.6 is 0 Å². The van der Waals surface area contributed by atoms with Gasteiger partial charge in [0, 0.05) is 13.2 Å². The minimum atomic E-state index is 0.335. The first-order valence-corrected chi connectivity index (χ1v) is 5.50. The number of anilines is 1. The zero-order valence-electron chi connectivity index (χ0n) is 9.07. The number of hydrogen-bond donors (Lipinski definition) is 1. The molecule has 1 saturated heterocycles. The van der Waals surface area contributed by atoms with Gasteiger partial charge in [-0.15, -0.1) is 5.10 Å². The molecule has 1 unspecified atom stereocenters. The maximum atomic E-state index is 5.61. The lowest BCUT2D eigenvalue weighted by Gasteiger charge is -2.22. The highest BCUT2D eigenvalue weighted by molar-refractivity contribution is 5.32. The molecule has 1 aliphatic heterocycles. The molecule has 4 heteroatoms. The highest BCUT2D eigenvalue weighted by Crippen LogP contribution is 2.13. The van der Waals surface area contributed by atoms with Crippen molar-refractivity contribution >= 4 is 5.82 Å². The van der Waals surface area contributed by atoms with Gasteiger partial charge >= 0.3 is 0 Å². The average Bonchev–Trinajstić information content (AvgIpc) is 2.30. The fourth-order valence-corrected chi connectivity index (χ4v) is 1.68. The molecule has 1 aromatic heterocycles. The molecule has 1 atom stereocenters. The topological polar surface area (TPSA) is 47.0 Å². The first-order valence-electron chi connectivity index (χ1n) is 5.50. The Bertz CT molecular complexity index is 293. The maximum absolute atomic E-state index is 5.61. The molecule has 0 bridgehead atoms. The fourth-order valence-electron chi connectivity index (χ4n) is 1.68. The van der Waals surface area contributed by atoms with Gasteiger partial charge in [0.15, 0.2) is 0 Å². The van der Waals surface area contributed by atoms with Crippen molar-refractivity contribution in [3.63, 3.8) is 0 Å². The Morgan fingerprint density at radius 2 is 2.33 bits per heavy atom. The van der Waals surface area contributed by atoms with E-state index in [1.807, 2.05) is 19.1 Å². The van der Waals surface area contributed by atoms with Crippen LogP contribution in [0.1, 0.15) is 25.0 Å². The molecular weight excluding hydrogens is 190 g/mol. The molecule has 0 saturated carbocycles. The molecule has 15 heavy (non-hydrogen) atoms. The van der Waals surface area contributed by atoms with Crippen LogP contribution in [-0.2, 0) is 4.74 Å². The molecule has 2 heterocycles. The summed E-state index contributed by atoms with van der Waals surface area (Å²) < 4.78 is 5.61. The molecule has 82 valence electrons. The van der Waals surface area contributed by atoms with Crippen LogP contribution in [0, 0.1) is 6.92 Å². The van der Waals surface area contributed by atoms with Gasteiger partial charge in [-0.2, -0.15) is 5.10 Å². The molecule has 0 radical (unpaired) electrons. The maximum Gasteiger partial charge on any atom is 0.148 e.